The molecule has 0 saturated heterocycles. The first-order chi connectivity index (χ1) is 12.0. The number of nitrogens with one attached hydrogen (secondary N) is 1. The van der Waals surface area contributed by atoms with E-state index in [0.29, 0.717) is 11.1 Å². The van der Waals surface area contributed by atoms with Gasteiger partial charge >= 0.3 is 5.97 Å². The van der Waals surface area contributed by atoms with Crippen LogP contribution in [0.3, 0.4) is 0 Å². The molecule has 3 rings (SSSR count). The van der Waals surface area contributed by atoms with Gasteiger partial charge in [-0.05, 0) is 55.0 Å². The number of amides is 1. The van der Waals surface area contributed by atoms with Crippen molar-refractivity contribution in [2.45, 2.75) is 38.7 Å². The van der Waals surface area contributed by atoms with E-state index in [4.69, 9.17) is 10.5 Å². The zero-order valence-electron chi connectivity index (χ0n) is 13.8. The maximum Gasteiger partial charge on any atom is 0.344 e. The normalized spacial score (nSPS) is 13.6. The molecule has 0 bridgehead atoms. The van der Waals surface area contributed by atoms with E-state index in [2.05, 4.69) is 4.98 Å². The van der Waals surface area contributed by atoms with Crippen LogP contribution in [-0.4, -0.2) is 16.9 Å². The molecule has 1 aromatic heterocycles. The number of nitrogens with two attached hydrogens (primary N) is 1. The number of aromatic nitrogens is 1. The fraction of sp³-hybridized carbons (Fsp3) is 0.316. The number of carbonyl (C=O) groups excluding carboxylic acids is 2. The van der Waals surface area contributed by atoms with Crippen molar-refractivity contribution in [3.05, 3.63) is 68.6 Å². The molecule has 1 heterocycles. The van der Waals surface area contributed by atoms with E-state index in [1.807, 2.05) is 0 Å². The second kappa shape index (κ2) is 7.34. The Hall–Kier alpha value is -2.89. The Bertz CT molecular complexity index is 870. The Morgan fingerprint density at radius 2 is 1.92 bits per heavy atom. The molecule has 0 radical (unpaired) electrons. The first kappa shape index (κ1) is 17.0. The van der Waals surface area contributed by atoms with Crippen LogP contribution < -0.4 is 11.3 Å². The number of hydrogen-bond acceptors (Lipinski definition) is 4. The van der Waals surface area contributed by atoms with Crippen LogP contribution in [0.1, 0.15) is 56.8 Å². The number of aryl methyl sites for hydroxylation is 2. The first-order valence-corrected chi connectivity index (χ1v) is 8.35. The minimum absolute atomic E-state index is 0.0201. The number of pyridine rings is 1. The average Bonchev–Trinajstić information content (AvgIpc) is 2.84. The molecule has 1 aromatic carbocycles. The molecule has 6 heteroatoms. The summed E-state index contributed by atoms with van der Waals surface area (Å²) in [6, 6.07) is 8.20. The van der Waals surface area contributed by atoms with Crippen molar-refractivity contribution in [2.24, 2.45) is 5.73 Å². The topological polar surface area (TPSA) is 102 Å². The van der Waals surface area contributed by atoms with E-state index in [1.54, 1.807) is 30.3 Å². The summed E-state index contributed by atoms with van der Waals surface area (Å²) in [6.07, 6.45) is 4.90. The summed E-state index contributed by atoms with van der Waals surface area (Å²) in [5, 5.41) is 0. The van der Waals surface area contributed by atoms with Gasteiger partial charge in [-0.1, -0.05) is 18.6 Å². The molecule has 1 aliphatic rings. The zero-order valence-corrected chi connectivity index (χ0v) is 13.8. The number of rotatable bonds is 4. The summed E-state index contributed by atoms with van der Waals surface area (Å²) in [5.74, 6) is -1.21. The second-order valence-electron chi connectivity index (χ2n) is 6.22. The highest BCUT2D eigenvalue weighted by Crippen LogP contribution is 2.18. The van der Waals surface area contributed by atoms with Gasteiger partial charge in [0.25, 0.3) is 5.56 Å². The Morgan fingerprint density at radius 3 is 2.72 bits per heavy atom. The van der Waals surface area contributed by atoms with Crippen LogP contribution in [0, 0.1) is 0 Å². The maximum atomic E-state index is 12.3. The van der Waals surface area contributed by atoms with Crippen molar-refractivity contribution in [1.82, 2.24) is 4.98 Å². The molecule has 0 aliphatic heterocycles. The van der Waals surface area contributed by atoms with Gasteiger partial charge in [-0.25, -0.2) is 4.79 Å². The second-order valence-corrected chi connectivity index (χ2v) is 6.22. The van der Waals surface area contributed by atoms with E-state index < -0.39 is 17.4 Å². The van der Waals surface area contributed by atoms with Gasteiger partial charge in [0.15, 0.2) is 0 Å². The summed E-state index contributed by atoms with van der Waals surface area (Å²) in [6.45, 7) is -0.0313. The molecule has 0 unspecified atom stereocenters. The van der Waals surface area contributed by atoms with E-state index >= 15 is 0 Å². The number of primary amides is 1. The van der Waals surface area contributed by atoms with Crippen molar-refractivity contribution in [2.75, 3.05) is 0 Å². The summed E-state index contributed by atoms with van der Waals surface area (Å²) < 4.78 is 5.24. The van der Waals surface area contributed by atoms with Gasteiger partial charge in [0.05, 0.1) is 0 Å². The van der Waals surface area contributed by atoms with Gasteiger partial charge in [-0.2, -0.15) is 0 Å². The lowest BCUT2D eigenvalue weighted by atomic mass is 10.1. The Kier molecular flexibility index (Phi) is 4.97. The van der Waals surface area contributed by atoms with Crippen molar-refractivity contribution in [3.8, 4) is 0 Å². The quantitative estimate of drug-likeness (QED) is 0.657. The van der Waals surface area contributed by atoms with Crippen molar-refractivity contribution >= 4 is 11.9 Å². The van der Waals surface area contributed by atoms with Gasteiger partial charge in [0, 0.05) is 11.3 Å². The van der Waals surface area contributed by atoms with E-state index in [1.165, 1.54) is 0 Å². The highest BCUT2D eigenvalue weighted by molar-refractivity contribution is 5.93. The average molecular weight is 340 g/mol. The lowest BCUT2D eigenvalue weighted by molar-refractivity contribution is 0.0470. The monoisotopic (exact) mass is 340 g/mol. The Labute approximate surface area is 145 Å². The van der Waals surface area contributed by atoms with Gasteiger partial charge in [-0.3, -0.25) is 9.59 Å². The number of fused-ring (bicyclic) bond motifs is 1. The van der Waals surface area contributed by atoms with Gasteiger partial charge in [-0.15, -0.1) is 0 Å². The van der Waals surface area contributed by atoms with E-state index in [-0.39, 0.29) is 12.2 Å². The predicted octanol–water partition coefficient (Wildman–Crippen LogP) is 2.10. The van der Waals surface area contributed by atoms with Crippen LogP contribution in [-0.2, 0) is 24.2 Å². The fourth-order valence-electron chi connectivity index (χ4n) is 3.04. The first-order valence-electron chi connectivity index (χ1n) is 8.35. The molecule has 25 heavy (non-hydrogen) atoms. The van der Waals surface area contributed by atoms with Crippen LogP contribution in [0.5, 0.6) is 0 Å². The lowest BCUT2D eigenvalue weighted by Gasteiger charge is -2.09. The third-order valence-electron chi connectivity index (χ3n) is 4.39. The minimum Gasteiger partial charge on any atom is -0.457 e. The number of aromatic amines is 1. The molecule has 6 nitrogen and oxygen atoms in total. The predicted molar refractivity (Wildman–Crippen MR) is 92.4 cm³/mol. The Morgan fingerprint density at radius 1 is 1.12 bits per heavy atom. The van der Waals surface area contributed by atoms with Crippen LogP contribution >= 0.6 is 0 Å². The summed E-state index contributed by atoms with van der Waals surface area (Å²) >= 11 is 0. The van der Waals surface area contributed by atoms with Crippen LogP contribution in [0.2, 0.25) is 0 Å². The smallest absolute Gasteiger partial charge is 0.344 e. The molecule has 1 aliphatic carbocycles. The van der Waals surface area contributed by atoms with Gasteiger partial charge in [0.1, 0.15) is 12.2 Å². The molecule has 130 valence electrons. The molecule has 3 N–H and O–H groups in total. The van der Waals surface area contributed by atoms with Crippen LogP contribution in [0.4, 0.5) is 0 Å². The molecule has 0 spiro atoms. The minimum atomic E-state index is -0.669. The number of esters is 1. The number of ether oxygens (including phenoxy) is 1. The number of hydrogen-bond donors (Lipinski definition) is 2. The highest BCUT2D eigenvalue weighted by atomic mass is 16.5. The standard InChI is InChI=1S/C19H20N2O4/c20-17(22)14-7-4-5-12(9-14)11-25-19(24)15-10-13-6-2-1-3-8-16(13)21-18(15)23/h4-5,7,9-10H,1-3,6,8,11H2,(H2,20,22)(H,21,23). The van der Waals surface area contributed by atoms with E-state index in [0.717, 1.165) is 43.4 Å². The zero-order chi connectivity index (χ0) is 17.8. The molecular formula is C19H20N2O4. The molecule has 1 amide bonds. The maximum absolute atomic E-state index is 12.3. The fourth-order valence-corrected chi connectivity index (χ4v) is 3.04. The highest BCUT2D eigenvalue weighted by Gasteiger charge is 2.17. The van der Waals surface area contributed by atoms with Crippen molar-refractivity contribution in [3.63, 3.8) is 0 Å². The largest absolute Gasteiger partial charge is 0.457 e. The third-order valence-corrected chi connectivity index (χ3v) is 4.39. The SMILES string of the molecule is NC(=O)c1cccc(COC(=O)c2cc3c([nH]c2=O)CCCCC3)c1. The lowest BCUT2D eigenvalue weighted by Crippen LogP contribution is -2.22. The van der Waals surface area contributed by atoms with Crippen molar-refractivity contribution in [1.29, 1.82) is 0 Å². The molecule has 0 fully saturated rings. The number of carbonyl (C=O) groups is 2. The summed E-state index contributed by atoms with van der Waals surface area (Å²) in [4.78, 5) is 38.5. The molecule has 2 aromatic rings. The van der Waals surface area contributed by atoms with Crippen molar-refractivity contribution < 1.29 is 14.3 Å². The molecule has 0 atom stereocenters. The third kappa shape index (κ3) is 3.96. The molecule has 0 saturated carbocycles. The van der Waals surface area contributed by atoms with Crippen LogP contribution in [0.15, 0.2) is 35.1 Å². The van der Waals surface area contributed by atoms with Crippen LogP contribution in [0.25, 0.3) is 0 Å². The Balaban J connectivity index is 1.75. The number of benzene rings is 1. The van der Waals surface area contributed by atoms with Gasteiger partial charge in [0.2, 0.25) is 5.91 Å². The van der Waals surface area contributed by atoms with Gasteiger partial charge < -0.3 is 15.5 Å². The molecular weight excluding hydrogens is 320 g/mol. The number of H-pyrrole nitrogens is 1. The summed E-state index contributed by atoms with van der Waals surface area (Å²) in [5.41, 5.74) is 7.75. The van der Waals surface area contributed by atoms with E-state index in [9.17, 15) is 14.4 Å². The summed E-state index contributed by atoms with van der Waals surface area (Å²) in [7, 11) is 0.